The maximum Gasteiger partial charge on any atom is 0.339 e. The Morgan fingerprint density at radius 1 is 1.13 bits per heavy atom. The van der Waals surface area contributed by atoms with Gasteiger partial charge in [0.2, 0.25) is 0 Å². The second-order valence-electron chi connectivity index (χ2n) is 7.17. The van der Waals surface area contributed by atoms with E-state index in [0.29, 0.717) is 13.1 Å². The molecule has 0 aliphatic carbocycles. The number of piperazine rings is 1. The van der Waals surface area contributed by atoms with E-state index in [1.54, 1.807) is 4.90 Å². The van der Waals surface area contributed by atoms with E-state index in [1.165, 1.54) is 24.6 Å². The van der Waals surface area contributed by atoms with Gasteiger partial charge in [0, 0.05) is 38.8 Å². The summed E-state index contributed by atoms with van der Waals surface area (Å²) >= 11 is 0. The number of hydrogen-bond donors (Lipinski definition) is 1. The second kappa shape index (κ2) is 9.36. The highest BCUT2D eigenvalue weighted by molar-refractivity contribution is 5.93. The molecule has 0 aromatic heterocycles. The smallest absolute Gasteiger partial charge is 0.339 e. The molecule has 9 heteroatoms. The molecule has 2 aromatic carbocycles. The van der Waals surface area contributed by atoms with Gasteiger partial charge >= 0.3 is 5.97 Å². The van der Waals surface area contributed by atoms with Crippen molar-refractivity contribution in [3.8, 4) is 0 Å². The van der Waals surface area contributed by atoms with Crippen LogP contribution in [0.2, 0.25) is 0 Å². The summed E-state index contributed by atoms with van der Waals surface area (Å²) in [4.78, 5) is 39.2. The lowest BCUT2D eigenvalue weighted by atomic mass is 10.1. The van der Waals surface area contributed by atoms with Crippen LogP contribution in [0.1, 0.15) is 22.8 Å². The van der Waals surface area contributed by atoms with Crippen molar-refractivity contribution in [1.29, 1.82) is 0 Å². The third kappa shape index (κ3) is 5.12. The highest BCUT2D eigenvalue weighted by Gasteiger charge is 2.28. The van der Waals surface area contributed by atoms with Gasteiger partial charge in [0.05, 0.1) is 10.5 Å². The summed E-state index contributed by atoms with van der Waals surface area (Å²) in [6, 6.07) is 13.8. The summed E-state index contributed by atoms with van der Waals surface area (Å²) in [6.45, 7) is 4.87. The zero-order valence-electron chi connectivity index (χ0n) is 16.7. The fourth-order valence-electron chi connectivity index (χ4n) is 3.33. The molecule has 1 aliphatic rings. The molecule has 9 nitrogen and oxygen atoms in total. The van der Waals surface area contributed by atoms with Gasteiger partial charge < -0.3 is 15.4 Å². The Kier molecular flexibility index (Phi) is 6.63. The van der Waals surface area contributed by atoms with Crippen LogP contribution in [-0.4, -0.2) is 58.9 Å². The third-order valence-electron chi connectivity index (χ3n) is 5.03. The molecule has 1 amide bonds. The molecule has 30 heavy (non-hydrogen) atoms. The van der Waals surface area contributed by atoms with Gasteiger partial charge in [0.15, 0.2) is 6.10 Å². The van der Waals surface area contributed by atoms with E-state index in [1.807, 2.05) is 18.2 Å². The van der Waals surface area contributed by atoms with E-state index in [2.05, 4.69) is 17.0 Å². The van der Waals surface area contributed by atoms with Gasteiger partial charge in [-0.3, -0.25) is 19.8 Å². The topological polar surface area (TPSA) is 119 Å². The van der Waals surface area contributed by atoms with Gasteiger partial charge in [-0.1, -0.05) is 30.3 Å². The Morgan fingerprint density at radius 2 is 1.80 bits per heavy atom. The quantitative estimate of drug-likeness (QED) is 0.334. The Labute approximate surface area is 174 Å². The Balaban J connectivity index is 1.53. The Hall–Kier alpha value is -3.46. The summed E-state index contributed by atoms with van der Waals surface area (Å²) in [5, 5.41) is 11.0. The van der Waals surface area contributed by atoms with E-state index in [9.17, 15) is 19.7 Å². The Bertz CT molecular complexity index is 926. The molecule has 2 N–H and O–H groups in total. The van der Waals surface area contributed by atoms with E-state index >= 15 is 0 Å². The molecule has 1 atom stereocenters. The maximum atomic E-state index is 12.7. The number of ether oxygens (including phenoxy) is 1. The van der Waals surface area contributed by atoms with Crippen LogP contribution in [0.25, 0.3) is 0 Å². The first kappa shape index (κ1) is 21.3. The van der Waals surface area contributed by atoms with Crippen molar-refractivity contribution < 1.29 is 19.2 Å². The van der Waals surface area contributed by atoms with Crippen molar-refractivity contribution in [3.63, 3.8) is 0 Å². The molecule has 1 saturated heterocycles. The van der Waals surface area contributed by atoms with E-state index in [0.717, 1.165) is 25.7 Å². The normalized spacial score (nSPS) is 15.4. The van der Waals surface area contributed by atoms with Gasteiger partial charge in [-0.25, -0.2) is 4.79 Å². The minimum Gasteiger partial charge on any atom is -0.449 e. The molecule has 0 bridgehead atoms. The van der Waals surface area contributed by atoms with Crippen molar-refractivity contribution >= 4 is 23.3 Å². The molecular formula is C21H24N4O5. The van der Waals surface area contributed by atoms with Crippen LogP contribution in [-0.2, 0) is 16.1 Å². The number of esters is 1. The number of benzene rings is 2. The van der Waals surface area contributed by atoms with Crippen LogP contribution in [0.3, 0.4) is 0 Å². The minimum absolute atomic E-state index is 0.0248. The van der Waals surface area contributed by atoms with Gasteiger partial charge in [0.1, 0.15) is 5.69 Å². The maximum absolute atomic E-state index is 12.7. The number of anilines is 1. The first-order valence-corrected chi connectivity index (χ1v) is 9.65. The predicted octanol–water partition coefficient (Wildman–Crippen LogP) is 2.07. The van der Waals surface area contributed by atoms with Crippen LogP contribution in [0.15, 0.2) is 48.5 Å². The van der Waals surface area contributed by atoms with E-state index in [-0.39, 0.29) is 22.8 Å². The van der Waals surface area contributed by atoms with Crippen molar-refractivity contribution in [2.75, 3.05) is 31.9 Å². The highest BCUT2D eigenvalue weighted by Crippen LogP contribution is 2.23. The largest absolute Gasteiger partial charge is 0.449 e. The molecular weight excluding hydrogens is 388 g/mol. The van der Waals surface area contributed by atoms with E-state index in [4.69, 9.17) is 10.5 Å². The number of nitro benzene ring substituents is 1. The predicted molar refractivity (Wildman–Crippen MR) is 111 cm³/mol. The fourth-order valence-corrected chi connectivity index (χ4v) is 3.33. The summed E-state index contributed by atoms with van der Waals surface area (Å²) in [6.07, 6.45) is -0.991. The lowest BCUT2D eigenvalue weighted by Crippen LogP contribution is -2.51. The molecule has 0 radical (unpaired) electrons. The van der Waals surface area contributed by atoms with Gasteiger partial charge in [-0.15, -0.1) is 0 Å². The van der Waals surface area contributed by atoms with Crippen LogP contribution in [0, 0.1) is 10.1 Å². The molecule has 1 aliphatic heterocycles. The zero-order valence-corrected chi connectivity index (χ0v) is 16.7. The molecule has 1 fully saturated rings. The summed E-state index contributed by atoms with van der Waals surface area (Å²) in [7, 11) is 0. The third-order valence-corrected chi connectivity index (χ3v) is 5.03. The molecule has 3 rings (SSSR count). The molecule has 0 saturated carbocycles. The first-order valence-electron chi connectivity index (χ1n) is 9.65. The van der Waals surface area contributed by atoms with Crippen LogP contribution in [0.5, 0.6) is 0 Å². The number of hydrogen-bond acceptors (Lipinski definition) is 7. The SMILES string of the molecule is CC(OC(=O)c1ccc(N)c([N+](=O)[O-])c1)C(=O)N1CCN(Cc2ccccc2)CC1. The summed E-state index contributed by atoms with van der Waals surface area (Å²) in [5.74, 6) is -1.09. The number of carbonyl (C=O) groups excluding carboxylic acids is 2. The molecule has 2 aromatic rings. The van der Waals surface area contributed by atoms with Crippen molar-refractivity contribution in [3.05, 3.63) is 69.8 Å². The first-order chi connectivity index (χ1) is 14.3. The number of nitrogen functional groups attached to an aromatic ring is 1. The van der Waals surface area contributed by atoms with Gasteiger partial charge in [-0.05, 0) is 24.6 Å². The standard InChI is InChI=1S/C21H24N4O5/c1-15(30-21(27)17-7-8-18(22)19(13-17)25(28)29)20(26)24-11-9-23(10-12-24)14-16-5-3-2-4-6-16/h2-8,13,15H,9-12,14,22H2,1H3. The summed E-state index contributed by atoms with van der Waals surface area (Å²) in [5.41, 5.74) is 6.31. The lowest BCUT2D eigenvalue weighted by Gasteiger charge is -2.35. The number of nitro groups is 1. The van der Waals surface area contributed by atoms with Gasteiger partial charge in [-0.2, -0.15) is 0 Å². The lowest BCUT2D eigenvalue weighted by molar-refractivity contribution is -0.383. The zero-order chi connectivity index (χ0) is 21.7. The van der Waals surface area contributed by atoms with Crippen LogP contribution < -0.4 is 5.73 Å². The summed E-state index contributed by atoms with van der Waals surface area (Å²) < 4.78 is 5.24. The monoisotopic (exact) mass is 412 g/mol. The average Bonchev–Trinajstić information content (AvgIpc) is 2.74. The molecule has 1 unspecified atom stereocenters. The highest BCUT2D eigenvalue weighted by atomic mass is 16.6. The number of nitrogens with zero attached hydrogens (tertiary/aromatic N) is 3. The second-order valence-corrected chi connectivity index (χ2v) is 7.17. The van der Waals surface area contributed by atoms with E-state index < -0.39 is 17.0 Å². The number of nitrogens with two attached hydrogens (primary N) is 1. The number of rotatable bonds is 6. The minimum atomic E-state index is -0.991. The van der Waals surface area contributed by atoms with Crippen molar-refractivity contribution in [1.82, 2.24) is 9.80 Å². The Morgan fingerprint density at radius 3 is 2.43 bits per heavy atom. The van der Waals surface area contributed by atoms with Crippen LogP contribution >= 0.6 is 0 Å². The average molecular weight is 412 g/mol. The van der Waals surface area contributed by atoms with Crippen molar-refractivity contribution in [2.24, 2.45) is 0 Å². The van der Waals surface area contributed by atoms with Crippen molar-refractivity contribution in [2.45, 2.75) is 19.6 Å². The fraction of sp³-hybridized carbons (Fsp3) is 0.333. The number of carbonyl (C=O) groups is 2. The van der Waals surface area contributed by atoms with Gasteiger partial charge in [0.25, 0.3) is 11.6 Å². The molecule has 1 heterocycles. The molecule has 0 spiro atoms. The number of amides is 1. The van der Waals surface area contributed by atoms with Crippen LogP contribution in [0.4, 0.5) is 11.4 Å². The molecule has 158 valence electrons.